The fraction of sp³-hybridized carbons (Fsp3) is 0.562. The van der Waals surface area contributed by atoms with Crippen LogP contribution in [0.3, 0.4) is 0 Å². The van der Waals surface area contributed by atoms with E-state index in [0.29, 0.717) is 11.6 Å². The Morgan fingerprint density at radius 3 is 2.62 bits per heavy atom. The molecule has 0 heterocycles. The summed E-state index contributed by atoms with van der Waals surface area (Å²) in [5.74, 6) is 0.0490. The van der Waals surface area contributed by atoms with Crippen LogP contribution in [0.15, 0.2) is 24.3 Å². The molecule has 1 rings (SSSR count). The maximum absolute atomic E-state index is 13.0. The van der Waals surface area contributed by atoms with Gasteiger partial charge in [0.05, 0.1) is 6.54 Å². The lowest BCUT2D eigenvalue weighted by Gasteiger charge is -2.23. The number of carbonyl (C=O) groups excluding carboxylic acids is 1. The Morgan fingerprint density at radius 2 is 2.05 bits per heavy atom. The van der Waals surface area contributed by atoms with Crippen LogP contribution in [0.2, 0.25) is 0 Å². The molecule has 0 saturated carbocycles. The van der Waals surface area contributed by atoms with Crippen molar-refractivity contribution in [2.45, 2.75) is 26.3 Å². The summed E-state index contributed by atoms with van der Waals surface area (Å²) in [4.78, 5) is 14.0. The van der Waals surface area contributed by atoms with Crippen LogP contribution in [0.25, 0.3) is 0 Å². The van der Waals surface area contributed by atoms with E-state index in [4.69, 9.17) is 0 Å². The molecular formula is C16H26FN3O. The number of hydrogen-bond donors (Lipinski definition) is 2. The quantitative estimate of drug-likeness (QED) is 0.773. The molecule has 4 nitrogen and oxygen atoms in total. The first-order chi connectivity index (χ1) is 9.86. The van der Waals surface area contributed by atoms with Crippen molar-refractivity contribution in [2.24, 2.45) is 5.92 Å². The molecule has 0 fully saturated rings. The molecule has 1 aromatic rings. The molecule has 1 unspecified atom stereocenters. The number of nitrogens with zero attached hydrogens (tertiary/aromatic N) is 1. The second-order valence-corrected chi connectivity index (χ2v) is 6.03. The number of benzene rings is 1. The highest BCUT2D eigenvalue weighted by molar-refractivity contribution is 5.92. The van der Waals surface area contributed by atoms with E-state index in [-0.39, 0.29) is 24.3 Å². The number of nitrogens with one attached hydrogen (secondary N) is 2. The Bertz CT molecular complexity index is 439. The Hall–Kier alpha value is -1.46. The van der Waals surface area contributed by atoms with E-state index in [9.17, 15) is 9.18 Å². The van der Waals surface area contributed by atoms with Gasteiger partial charge in [0.25, 0.3) is 0 Å². The number of hydrogen-bond acceptors (Lipinski definition) is 3. The molecule has 2 N–H and O–H groups in total. The van der Waals surface area contributed by atoms with Gasteiger partial charge in [0.2, 0.25) is 5.91 Å². The highest BCUT2D eigenvalue weighted by atomic mass is 19.1. The van der Waals surface area contributed by atoms with Gasteiger partial charge >= 0.3 is 0 Å². The predicted molar refractivity (Wildman–Crippen MR) is 84.8 cm³/mol. The molecule has 0 spiro atoms. The normalized spacial score (nSPS) is 12.7. The fourth-order valence-electron chi connectivity index (χ4n) is 2.24. The van der Waals surface area contributed by atoms with Crippen LogP contribution >= 0.6 is 0 Å². The third-order valence-electron chi connectivity index (χ3n) is 3.00. The molecular weight excluding hydrogens is 269 g/mol. The fourth-order valence-corrected chi connectivity index (χ4v) is 2.24. The molecule has 0 saturated heterocycles. The number of likely N-dealkylation sites (N-methyl/N-ethyl adjacent to an activating group) is 1. The van der Waals surface area contributed by atoms with Gasteiger partial charge in [-0.1, -0.05) is 19.9 Å². The van der Waals surface area contributed by atoms with Crippen molar-refractivity contribution in [1.82, 2.24) is 10.2 Å². The molecule has 21 heavy (non-hydrogen) atoms. The summed E-state index contributed by atoms with van der Waals surface area (Å²) in [5.41, 5.74) is 0.481. The van der Waals surface area contributed by atoms with E-state index >= 15 is 0 Å². The maximum atomic E-state index is 13.0. The molecule has 0 aliphatic heterocycles. The molecule has 1 amide bonds. The minimum Gasteiger partial charge on any atom is -0.325 e. The van der Waals surface area contributed by atoms with Crippen molar-refractivity contribution in [2.75, 3.05) is 32.5 Å². The summed E-state index contributed by atoms with van der Waals surface area (Å²) >= 11 is 0. The summed E-state index contributed by atoms with van der Waals surface area (Å²) < 4.78 is 13.0. The van der Waals surface area contributed by atoms with Gasteiger partial charge in [0.15, 0.2) is 0 Å². The molecule has 0 radical (unpaired) electrons. The van der Waals surface area contributed by atoms with Crippen molar-refractivity contribution < 1.29 is 9.18 Å². The maximum Gasteiger partial charge on any atom is 0.238 e. The van der Waals surface area contributed by atoms with E-state index < -0.39 is 0 Å². The monoisotopic (exact) mass is 295 g/mol. The van der Waals surface area contributed by atoms with Gasteiger partial charge in [0.1, 0.15) is 5.82 Å². The third kappa shape index (κ3) is 7.78. The van der Waals surface area contributed by atoms with E-state index in [0.717, 1.165) is 13.0 Å². The van der Waals surface area contributed by atoms with E-state index in [1.165, 1.54) is 12.1 Å². The molecule has 1 atom stereocenters. The van der Waals surface area contributed by atoms with Crippen molar-refractivity contribution in [1.29, 1.82) is 0 Å². The van der Waals surface area contributed by atoms with E-state index in [1.807, 2.05) is 14.1 Å². The molecule has 0 aliphatic rings. The number of rotatable bonds is 8. The van der Waals surface area contributed by atoms with Gasteiger partial charge in [-0.05, 0) is 44.6 Å². The van der Waals surface area contributed by atoms with E-state index in [1.54, 1.807) is 12.1 Å². The van der Waals surface area contributed by atoms with Gasteiger partial charge < -0.3 is 15.5 Å². The first-order valence-corrected chi connectivity index (χ1v) is 7.30. The number of halogens is 1. The topological polar surface area (TPSA) is 44.4 Å². The Labute approximate surface area is 126 Å². The smallest absolute Gasteiger partial charge is 0.238 e. The van der Waals surface area contributed by atoms with Crippen LogP contribution in [0.4, 0.5) is 10.1 Å². The van der Waals surface area contributed by atoms with Crippen molar-refractivity contribution in [3.05, 3.63) is 30.1 Å². The van der Waals surface area contributed by atoms with Crippen molar-refractivity contribution in [3.63, 3.8) is 0 Å². The average Bonchev–Trinajstić information content (AvgIpc) is 2.34. The van der Waals surface area contributed by atoms with Gasteiger partial charge in [-0.3, -0.25) is 4.79 Å². The lowest BCUT2D eigenvalue weighted by atomic mass is 10.0. The summed E-state index contributed by atoms with van der Waals surface area (Å²) in [6, 6.07) is 6.17. The molecule has 5 heteroatoms. The first kappa shape index (κ1) is 17.6. The molecule has 118 valence electrons. The van der Waals surface area contributed by atoms with Crippen LogP contribution in [-0.2, 0) is 4.79 Å². The van der Waals surface area contributed by atoms with E-state index in [2.05, 4.69) is 29.4 Å². The second-order valence-electron chi connectivity index (χ2n) is 6.03. The zero-order valence-electron chi connectivity index (χ0n) is 13.3. The minimum atomic E-state index is -0.356. The summed E-state index contributed by atoms with van der Waals surface area (Å²) in [5, 5.41) is 5.96. The molecule has 0 bridgehead atoms. The lowest BCUT2D eigenvalue weighted by molar-refractivity contribution is -0.115. The molecule has 0 aliphatic carbocycles. The lowest BCUT2D eigenvalue weighted by Crippen LogP contribution is -2.42. The zero-order valence-corrected chi connectivity index (χ0v) is 13.3. The highest BCUT2D eigenvalue weighted by Crippen LogP contribution is 2.09. The minimum absolute atomic E-state index is 0.159. The van der Waals surface area contributed by atoms with Crippen LogP contribution in [-0.4, -0.2) is 44.0 Å². The summed E-state index contributed by atoms with van der Waals surface area (Å²) in [6.45, 7) is 5.43. The summed E-state index contributed by atoms with van der Waals surface area (Å²) in [6.07, 6.45) is 1.01. The van der Waals surface area contributed by atoms with Crippen LogP contribution in [0, 0.1) is 11.7 Å². The van der Waals surface area contributed by atoms with Gasteiger partial charge in [-0.15, -0.1) is 0 Å². The zero-order chi connectivity index (χ0) is 15.8. The summed E-state index contributed by atoms with van der Waals surface area (Å²) in [7, 11) is 4.03. The first-order valence-electron chi connectivity index (χ1n) is 7.30. The highest BCUT2D eigenvalue weighted by Gasteiger charge is 2.13. The SMILES string of the molecule is CC(C)CC(CN(C)C)NCC(=O)Nc1cccc(F)c1. The second kappa shape index (κ2) is 8.74. The molecule has 0 aromatic heterocycles. The number of amides is 1. The number of carbonyl (C=O) groups is 1. The average molecular weight is 295 g/mol. The van der Waals surface area contributed by atoms with Crippen LogP contribution < -0.4 is 10.6 Å². The van der Waals surface area contributed by atoms with Gasteiger partial charge in [0, 0.05) is 18.3 Å². The third-order valence-corrected chi connectivity index (χ3v) is 3.00. The Morgan fingerprint density at radius 1 is 1.33 bits per heavy atom. The Balaban J connectivity index is 2.45. The number of anilines is 1. The van der Waals surface area contributed by atoms with Gasteiger partial charge in [-0.25, -0.2) is 4.39 Å². The largest absolute Gasteiger partial charge is 0.325 e. The van der Waals surface area contributed by atoms with Gasteiger partial charge in [-0.2, -0.15) is 0 Å². The predicted octanol–water partition coefficient (Wildman–Crippen LogP) is 2.33. The Kier molecular flexibility index (Phi) is 7.32. The van der Waals surface area contributed by atoms with Crippen LogP contribution in [0.5, 0.6) is 0 Å². The van der Waals surface area contributed by atoms with Crippen molar-refractivity contribution >= 4 is 11.6 Å². The van der Waals surface area contributed by atoms with Crippen LogP contribution in [0.1, 0.15) is 20.3 Å². The van der Waals surface area contributed by atoms with Crippen molar-refractivity contribution in [3.8, 4) is 0 Å². The standard InChI is InChI=1S/C16H26FN3O/c1-12(2)8-15(11-20(3)4)18-10-16(21)19-14-7-5-6-13(17)9-14/h5-7,9,12,15,18H,8,10-11H2,1-4H3,(H,19,21). The molecule has 1 aromatic carbocycles.